The number of rotatable bonds is 58. The van der Waals surface area contributed by atoms with Crippen LogP contribution in [0.15, 0.2) is 122 Å². The first-order chi connectivity index (χ1) is 38.5. The summed E-state index contributed by atoms with van der Waals surface area (Å²) in [6.45, 7) is 6.41. The number of carbonyl (C=O) groups excluding carboxylic acids is 3. The molecular formula is C72H120O6. The van der Waals surface area contributed by atoms with E-state index in [4.69, 9.17) is 14.2 Å². The molecule has 0 rings (SSSR count). The smallest absolute Gasteiger partial charge is 0.306 e. The number of hydrogen-bond donors (Lipinski definition) is 0. The molecular weight excluding hydrogens is 961 g/mol. The highest BCUT2D eigenvalue weighted by molar-refractivity contribution is 5.71. The lowest BCUT2D eigenvalue weighted by molar-refractivity contribution is -0.167. The fourth-order valence-electron chi connectivity index (χ4n) is 8.91. The van der Waals surface area contributed by atoms with Gasteiger partial charge in [0.15, 0.2) is 6.10 Å². The van der Waals surface area contributed by atoms with Gasteiger partial charge >= 0.3 is 17.9 Å². The number of hydrogen-bond acceptors (Lipinski definition) is 6. The normalized spacial score (nSPS) is 12.9. The Bertz CT molecular complexity index is 1620. The second kappa shape index (κ2) is 65.3. The van der Waals surface area contributed by atoms with Crippen LogP contribution < -0.4 is 0 Å². The Kier molecular flexibility index (Phi) is 61.8. The van der Waals surface area contributed by atoms with Crippen LogP contribution in [0, 0.1) is 0 Å². The van der Waals surface area contributed by atoms with Gasteiger partial charge in [-0.1, -0.05) is 290 Å². The molecule has 6 nitrogen and oxygen atoms in total. The number of allylic oxidation sites excluding steroid dienone is 20. The van der Waals surface area contributed by atoms with E-state index in [1.165, 1.54) is 128 Å². The standard InChI is InChI=1S/C72H120O6/c1-4-7-10-13-16-19-22-24-26-28-30-32-34-35-36-37-39-40-42-44-46-48-50-53-56-59-62-65-71(74)77-68-69(67-76-70(73)64-61-58-55-52-21-18-15-12-9-6-3)78-72(75)66-63-60-57-54-51-49-47-45-43-41-38-33-31-29-27-25-23-20-17-14-11-8-5-2/h7-8,10-11,16-17,19-20,24-27,30-33,35-36,41,43,69H,4-6,9,12-15,18,21-23,28-29,34,37-40,42,44-68H2,1-3H3/b10-7-,11-8-,19-16-,20-17-,26-24-,27-25-,32-30-,33-31-,36-35-,43-41-. The van der Waals surface area contributed by atoms with Crippen molar-refractivity contribution in [2.24, 2.45) is 0 Å². The summed E-state index contributed by atoms with van der Waals surface area (Å²) in [6.07, 6.45) is 90.6. The topological polar surface area (TPSA) is 78.9 Å². The van der Waals surface area contributed by atoms with E-state index >= 15 is 0 Å². The Morgan fingerprint density at radius 2 is 0.500 bits per heavy atom. The predicted octanol–water partition coefficient (Wildman–Crippen LogP) is 22.4. The number of esters is 3. The van der Waals surface area contributed by atoms with Gasteiger partial charge in [-0.25, -0.2) is 0 Å². The van der Waals surface area contributed by atoms with Crippen LogP contribution in [0.5, 0.6) is 0 Å². The van der Waals surface area contributed by atoms with E-state index < -0.39 is 6.10 Å². The molecule has 0 spiro atoms. The Morgan fingerprint density at radius 3 is 0.782 bits per heavy atom. The third-order valence-corrected chi connectivity index (χ3v) is 13.7. The van der Waals surface area contributed by atoms with Crippen molar-refractivity contribution in [3.8, 4) is 0 Å². The molecule has 0 heterocycles. The molecule has 0 radical (unpaired) electrons. The van der Waals surface area contributed by atoms with Gasteiger partial charge in [0.25, 0.3) is 0 Å². The summed E-state index contributed by atoms with van der Waals surface area (Å²) in [5.74, 6) is -0.893. The van der Waals surface area contributed by atoms with E-state index in [-0.39, 0.29) is 31.1 Å². The first kappa shape index (κ1) is 73.8. The second-order valence-corrected chi connectivity index (χ2v) is 21.3. The average Bonchev–Trinajstić information content (AvgIpc) is 3.44. The van der Waals surface area contributed by atoms with Crippen LogP contribution in [-0.2, 0) is 28.6 Å². The maximum Gasteiger partial charge on any atom is 0.306 e. The maximum atomic E-state index is 12.9. The monoisotopic (exact) mass is 1080 g/mol. The molecule has 0 aromatic heterocycles. The van der Waals surface area contributed by atoms with Gasteiger partial charge < -0.3 is 14.2 Å². The highest BCUT2D eigenvalue weighted by atomic mass is 16.6. The molecule has 0 bridgehead atoms. The zero-order valence-electron chi connectivity index (χ0n) is 50.9. The van der Waals surface area contributed by atoms with Crippen molar-refractivity contribution in [3.05, 3.63) is 122 Å². The zero-order valence-corrected chi connectivity index (χ0v) is 50.9. The quantitative estimate of drug-likeness (QED) is 0.0261. The molecule has 1 atom stereocenters. The van der Waals surface area contributed by atoms with Crippen LogP contribution in [0.2, 0.25) is 0 Å². The van der Waals surface area contributed by atoms with E-state index in [0.29, 0.717) is 19.3 Å². The first-order valence-electron chi connectivity index (χ1n) is 32.5. The van der Waals surface area contributed by atoms with Gasteiger partial charge in [0.2, 0.25) is 0 Å². The van der Waals surface area contributed by atoms with E-state index in [1.807, 2.05) is 0 Å². The lowest BCUT2D eigenvalue weighted by Gasteiger charge is -2.18. The van der Waals surface area contributed by atoms with Crippen molar-refractivity contribution in [2.45, 2.75) is 303 Å². The summed E-state index contributed by atoms with van der Waals surface area (Å²) in [5.41, 5.74) is 0. The lowest BCUT2D eigenvalue weighted by Crippen LogP contribution is -2.30. The minimum Gasteiger partial charge on any atom is -0.462 e. The minimum atomic E-state index is -0.787. The molecule has 0 saturated carbocycles. The first-order valence-corrected chi connectivity index (χ1v) is 32.5. The molecule has 0 aliphatic rings. The predicted molar refractivity (Wildman–Crippen MR) is 339 cm³/mol. The molecule has 0 saturated heterocycles. The molecule has 0 aliphatic carbocycles. The Hall–Kier alpha value is -4.19. The van der Waals surface area contributed by atoms with Gasteiger partial charge in [-0.05, 0) is 109 Å². The van der Waals surface area contributed by atoms with Crippen molar-refractivity contribution < 1.29 is 28.6 Å². The summed E-state index contributed by atoms with van der Waals surface area (Å²) < 4.78 is 16.9. The fraction of sp³-hybridized carbons (Fsp3) is 0.681. The molecule has 6 heteroatoms. The van der Waals surface area contributed by atoms with Gasteiger partial charge in [-0.2, -0.15) is 0 Å². The van der Waals surface area contributed by atoms with Gasteiger partial charge in [-0.15, -0.1) is 0 Å². The van der Waals surface area contributed by atoms with Crippen molar-refractivity contribution in [1.29, 1.82) is 0 Å². The molecule has 0 fully saturated rings. The molecule has 0 aromatic carbocycles. The molecule has 444 valence electrons. The van der Waals surface area contributed by atoms with Gasteiger partial charge in [0.1, 0.15) is 13.2 Å². The maximum absolute atomic E-state index is 12.9. The average molecular weight is 1080 g/mol. The summed E-state index contributed by atoms with van der Waals surface area (Å²) in [7, 11) is 0. The van der Waals surface area contributed by atoms with Crippen molar-refractivity contribution in [2.75, 3.05) is 13.2 Å². The van der Waals surface area contributed by atoms with E-state index in [0.717, 1.165) is 128 Å². The Labute approximate surface area is 482 Å². The van der Waals surface area contributed by atoms with E-state index in [2.05, 4.69) is 142 Å². The van der Waals surface area contributed by atoms with E-state index in [9.17, 15) is 14.4 Å². The fourth-order valence-corrected chi connectivity index (χ4v) is 8.91. The van der Waals surface area contributed by atoms with E-state index in [1.54, 1.807) is 0 Å². The molecule has 0 aromatic rings. The van der Waals surface area contributed by atoms with Crippen molar-refractivity contribution >= 4 is 17.9 Å². The Morgan fingerprint density at radius 1 is 0.269 bits per heavy atom. The summed E-state index contributed by atoms with van der Waals surface area (Å²) in [6, 6.07) is 0. The van der Waals surface area contributed by atoms with Crippen LogP contribution in [-0.4, -0.2) is 37.2 Å². The van der Waals surface area contributed by atoms with Crippen LogP contribution in [0.1, 0.15) is 297 Å². The second-order valence-electron chi connectivity index (χ2n) is 21.3. The number of unbranched alkanes of at least 4 members (excludes halogenated alkanes) is 27. The zero-order chi connectivity index (χ0) is 56.4. The summed E-state index contributed by atoms with van der Waals surface area (Å²) in [4.78, 5) is 38.3. The van der Waals surface area contributed by atoms with Gasteiger partial charge in [0, 0.05) is 19.3 Å². The molecule has 0 N–H and O–H groups in total. The minimum absolute atomic E-state index is 0.0830. The van der Waals surface area contributed by atoms with Crippen molar-refractivity contribution in [1.82, 2.24) is 0 Å². The molecule has 0 aliphatic heterocycles. The van der Waals surface area contributed by atoms with Crippen LogP contribution in [0.4, 0.5) is 0 Å². The van der Waals surface area contributed by atoms with Gasteiger partial charge in [-0.3, -0.25) is 14.4 Å². The van der Waals surface area contributed by atoms with Crippen LogP contribution in [0.3, 0.4) is 0 Å². The highest BCUT2D eigenvalue weighted by Crippen LogP contribution is 2.16. The SMILES string of the molecule is CC/C=C\C/C=C\C/C=C\C/C=C\C/C=C\CCCCCCCCCCCCCC(=O)OCC(COC(=O)CCCCCCCCCCCC)OC(=O)CCCCCCCCC/C=C\C/C=C\C/C=C\C/C=C\C/C=C\CC. The van der Waals surface area contributed by atoms with Crippen LogP contribution in [0.25, 0.3) is 0 Å². The van der Waals surface area contributed by atoms with Gasteiger partial charge in [0.05, 0.1) is 0 Å². The largest absolute Gasteiger partial charge is 0.462 e. The molecule has 1 unspecified atom stereocenters. The lowest BCUT2D eigenvalue weighted by atomic mass is 10.0. The Balaban J connectivity index is 4.28. The summed E-state index contributed by atoms with van der Waals surface area (Å²) >= 11 is 0. The summed E-state index contributed by atoms with van der Waals surface area (Å²) in [5, 5.41) is 0. The van der Waals surface area contributed by atoms with Crippen molar-refractivity contribution in [3.63, 3.8) is 0 Å². The third-order valence-electron chi connectivity index (χ3n) is 13.7. The van der Waals surface area contributed by atoms with Crippen LogP contribution >= 0.6 is 0 Å². The highest BCUT2D eigenvalue weighted by Gasteiger charge is 2.19. The number of ether oxygens (including phenoxy) is 3. The molecule has 0 amide bonds. The number of carbonyl (C=O) groups is 3. The molecule has 78 heavy (non-hydrogen) atoms. The third kappa shape index (κ3) is 62.7.